The third kappa shape index (κ3) is 5.58. The molecule has 1 unspecified atom stereocenters. The lowest BCUT2D eigenvalue weighted by molar-refractivity contribution is -0.139. The van der Waals surface area contributed by atoms with Crippen molar-refractivity contribution in [2.24, 2.45) is 4.99 Å². The van der Waals surface area contributed by atoms with Gasteiger partial charge in [-0.3, -0.25) is 9.36 Å². The van der Waals surface area contributed by atoms with Crippen molar-refractivity contribution in [2.75, 3.05) is 20.8 Å². The van der Waals surface area contributed by atoms with Crippen molar-refractivity contribution in [3.8, 4) is 17.2 Å². The molecule has 0 spiro atoms. The van der Waals surface area contributed by atoms with E-state index in [1.54, 1.807) is 62.4 Å². The van der Waals surface area contributed by atoms with Crippen LogP contribution in [0.2, 0.25) is 0 Å². The number of fused-ring (bicyclic) bond motifs is 1. The number of allylic oxidation sites excluding steroid dienone is 1. The summed E-state index contributed by atoms with van der Waals surface area (Å²) in [4.78, 5) is 32.3. The zero-order chi connectivity index (χ0) is 29.8. The quantitative estimate of drug-likeness (QED) is 0.267. The highest BCUT2D eigenvalue weighted by Gasteiger charge is 2.34. The number of hydrogen-bond acceptors (Lipinski definition) is 8. The van der Waals surface area contributed by atoms with Crippen LogP contribution < -0.4 is 29.1 Å². The number of halogens is 1. The zero-order valence-electron chi connectivity index (χ0n) is 23.5. The van der Waals surface area contributed by atoms with E-state index in [4.69, 9.17) is 18.9 Å². The highest BCUT2D eigenvalue weighted by Crippen LogP contribution is 2.36. The SMILES string of the molecule is CCOC(=O)C1=C(C)N=c2sc(=Cc3ccccc3OCc3ccccc3F)c(=O)n2C1c1ccc(OC)c(OC)c1. The number of para-hydroxylation sites is 1. The Labute approximate surface area is 245 Å². The van der Waals surface area contributed by atoms with Crippen molar-refractivity contribution in [3.05, 3.63) is 120 Å². The number of hydrogen-bond donors (Lipinski definition) is 0. The Morgan fingerprint density at radius 2 is 1.76 bits per heavy atom. The summed E-state index contributed by atoms with van der Waals surface area (Å²) in [5.74, 6) is 0.548. The fraction of sp³-hybridized carbons (Fsp3) is 0.219. The van der Waals surface area contributed by atoms with Gasteiger partial charge in [-0.1, -0.05) is 53.8 Å². The van der Waals surface area contributed by atoms with Crippen LogP contribution in [0.15, 0.2) is 87.8 Å². The number of esters is 1. The van der Waals surface area contributed by atoms with Crippen LogP contribution in [-0.4, -0.2) is 31.4 Å². The van der Waals surface area contributed by atoms with E-state index in [0.29, 0.717) is 49.0 Å². The number of benzene rings is 3. The van der Waals surface area contributed by atoms with E-state index in [-0.39, 0.29) is 30.2 Å². The maximum absolute atomic E-state index is 14.2. The monoisotopic (exact) mass is 588 g/mol. The molecular weight excluding hydrogens is 559 g/mol. The summed E-state index contributed by atoms with van der Waals surface area (Å²) in [6, 6.07) is 18.1. The van der Waals surface area contributed by atoms with E-state index in [0.717, 1.165) is 0 Å². The van der Waals surface area contributed by atoms with E-state index in [2.05, 4.69) is 4.99 Å². The summed E-state index contributed by atoms with van der Waals surface area (Å²) < 4.78 is 38.3. The molecule has 0 bridgehead atoms. The van der Waals surface area contributed by atoms with Crippen molar-refractivity contribution in [1.29, 1.82) is 0 Å². The second-order valence-electron chi connectivity index (χ2n) is 9.33. The molecule has 0 N–H and O–H groups in total. The number of rotatable bonds is 9. The Morgan fingerprint density at radius 1 is 1.02 bits per heavy atom. The first-order valence-corrected chi connectivity index (χ1v) is 14.0. The Bertz CT molecular complexity index is 1860. The van der Waals surface area contributed by atoms with E-state index >= 15 is 0 Å². The molecule has 1 aliphatic rings. The molecule has 42 heavy (non-hydrogen) atoms. The van der Waals surface area contributed by atoms with Crippen LogP contribution in [0.25, 0.3) is 6.08 Å². The lowest BCUT2D eigenvalue weighted by atomic mass is 9.95. The first kappa shape index (κ1) is 28.8. The topological polar surface area (TPSA) is 88.4 Å². The molecule has 5 rings (SSSR count). The van der Waals surface area contributed by atoms with Crippen LogP contribution in [0.1, 0.15) is 36.6 Å². The van der Waals surface area contributed by atoms with Crippen LogP contribution in [0, 0.1) is 5.82 Å². The van der Waals surface area contributed by atoms with Crippen molar-refractivity contribution in [2.45, 2.75) is 26.5 Å². The molecule has 10 heteroatoms. The van der Waals surface area contributed by atoms with Crippen molar-refractivity contribution in [1.82, 2.24) is 4.57 Å². The van der Waals surface area contributed by atoms with Gasteiger partial charge in [-0.15, -0.1) is 0 Å². The second kappa shape index (κ2) is 12.4. The third-order valence-electron chi connectivity index (χ3n) is 6.79. The van der Waals surface area contributed by atoms with E-state index in [1.165, 1.54) is 36.2 Å². The molecule has 8 nitrogen and oxygen atoms in total. The molecule has 1 aliphatic heterocycles. The fourth-order valence-corrected chi connectivity index (χ4v) is 5.81. The molecule has 0 radical (unpaired) electrons. The number of carbonyl (C=O) groups excluding carboxylic acids is 1. The summed E-state index contributed by atoms with van der Waals surface area (Å²) >= 11 is 1.20. The minimum absolute atomic E-state index is 0.0280. The number of thiazole rings is 1. The van der Waals surface area contributed by atoms with E-state index in [1.807, 2.05) is 18.2 Å². The molecule has 0 fully saturated rings. The van der Waals surface area contributed by atoms with Crippen LogP contribution in [0.4, 0.5) is 4.39 Å². The van der Waals surface area contributed by atoms with Gasteiger partial charge in [0.1, 0.15) is 18.2 Å². The van der Waals surface area contributed by atoms with Gasteiger partial charge in [-0.25, -0.2) is 14.2 Å². The maximum Gasteiger partial charge on any atom is 0.338 e. The smallest absolute Gasteiger partial charge is 0.338 e. The Hall–Kier alpha value is -4.70. The third-order valence-corrected chi connectivity index (χ3v) is 7.77. The first-order valence-electron chi connectivity index (χ1n) is 13.2. The lowest BCUT2D eigenvalue weighted by Crippen LogP contribution is -2.40. The molecule has 2 heterocycles. The lowest BCUT2D eigenvalue weighted by Gasteiger charge is -2.25. The summed E-state index contributed by atoms with van der Waals surface area (Å²) in [5.41, 5.74) is 2.07. The largest absolute Gasteiger partial charge is 0.493 e. The molecular formula is C32H29FN2O6S. The second-order valence-corrected chi connectivity index (χ2v) is 10.3. The molecule has 0 saturated heterocycles. The highest BCUT2D eigenvalue weighted by molar-refractivity contribution is 7.07. The van der Waals surface area contributed by atoms with Crippen LogP contribution in [0.5, 0.6) is 17.2 Å². The first-order chi connectivity index (χ1) is 20.4. The number of carbonyl (C=O) groups is 1. The molecule has 1 atom stereocenters. The molecule has 4 aromatic rings. The Morgan fingerprint density at radius 3 is 2.50 bits per heavy atom. The van der Waals surface area contributed by atoms with Gasteiger partial charge in [-0.05, 0) is 49.8 Å². The molecule has 0 saturated carbocycles. The average Bonchev–Trinajstić information content (AvgIpc) is 3.30. The van der Waals surface area contributed by atoms with Gasteiger partial charge >= 0.3 is 5.97 Å². The van der Waals surface area contributed by atoms with Crippen molar-refractivity contribution >= 4 is 23.4 Å². The molecule has 1 aromatic heterocycles. The van der Waals surface area contributed by atoms with Gasteiger partial charge in [0.2, 0.25) is 0 Å². The number of nitrogens with zero attached hydrogens (tertiary/aromatic N) is 2. The van der Waals surface area contributed by atoms with Crippen LogP contribution in [0.3, 0.4) is 0 Å². The normalized spacial score (nSPS) is 14.7. The predicted molar refractivity (Wildman–Crippen MR) is 157 cm³/mol. The number of methoxy groups -OCH3 is 2. The molecule has 216 valence electrons. The molecule has 0 amide bonds. The zero-order valence-corrected chi connectivity index (χ0v) is 24.4. The predicted octanol–water partition coefficient (Wildman–Crippen LogP) is 4.53. The van der Waals surface area contributed by atoms with Gasteiger partial charge < -0.3 is 18.9 Å². The summed E-state index contributed by atoms with van der Waals surface area (Å²) in [6.07, 6.45) is 1.72. The van der Waals surface area contributed by atoms with Crippen LogP contribution >= 0.6 is 11.3 Å². The highest BCUT2D eigenvalue weighted by atomic mass is 32.1. The van der Waals surface area contributed by atoms with Gasteiger partial charge in [0.25, 0.3) is 5.56 Å². The molecule has 0 aliphatic carbocycles. The Kier molecular flexibility index (Phi) is 8.53. The fourth-order valence-electron chi connectivity index (χ4n) is 4.77. The Balaban J connectivity index is 1.63. The minimum atomic E-state index is -0.810. The van der Waals surface area contributed by atoms with Crippen LogP contribution in [-0.2, 0) is 16.1 Å². The molecule has 3 aromatic carbocycles. The van der Waals surface area contributed by atoms with Gasteiger partial charge in [-0.2, -0.15) is 0 Å². The van der Waals surface area contributed by atoms with Gasteiger partial charge in [0, 0.05) is 11.1 Å². The summed E-state index contributed by atoms with van der Waals surface area (Å²) in [6.45, 7) is 3.64. The summed E-state index contributed by atoms with van der Waals surface area (Å²) in [5, 5.41) is 0. The van der Waals surface area contributed by atoms with Crippen molar-refractivity contribution < 1.29 is 28.1 Å². The number of ether oxygens (including phenoxy) is 4. The van der Waals surface area contributed by atoms with Gasteiger partial charge in [0.15, 0.2) is 16.3 Å². The van der Waals surface area contributed by atoms with E-state index in [9.17, 15) is 14.0 Å². The van der Waals surface area contributed by atoms with E-state index < -0.39 is 12.0 Å². The average molecular weight is 589 g/mol. The number of aromatic nitrogens is 1. The van der Waals surface area contributed by atoms with Crippen molar-refractivity contribution in [3.63, 3.8) is 0 Å². The summed E-state index contributed by atoms with van der Waals surface area (Å²) in [7, 11) is 3.05. The standard InChI is InChI=1S/C32H29FN2O6S/c1-5-40-31(37)28-19(2)34-32-35(29(28)21-14-15-25(38-3)26(16-21)39-4)30(36)27(42-32)17-20-10-7-9-13-24(20)41-18-22-11-6-8-12-23(22)33/h6-17,29H,5,18H2,1-4H3. The maximum atomic E-state index is 14.2. The van der Waals surface area contributed by atoms with Gasteiger partial charge in [0.05, 0.1) is 42.7 Å². The minimum Gasteiger partial charge on any atom is -0.493 e.